The van der Waals surface area contributed by atoms with E-state index in [1.807, 2.05) is 24.3 Å². The van der Waals surface area contributed by atoms with Gasteiger partial charge < -0.3 is 0 Å². The van der Waals surface area contributed by atoms with Crippen LogP contribution < -0.4 is 0 Å². The molecule has 0 radical (unpaired) electrons. The summed E-state index contributed by atoms with van der Waals surface area (Å²) in [6.45, 7) is 6.30. The van der Waals surface area contributed by atoms with Crippen LogP contribution in [0, 0.1) is 0 Å². The lowest BCUT2D eigenvalue weighted by atomic mass is 10.1. The summed E-state index contributed by atoms with van der Waals surface area (Å²) in [4.78, 5) is 4.57. The van der Waals surface area contributed by atoms with Crippen molar-refractivity contribution in [1.29, 1.82) is 0 Å². The van der Waals surface area contributed by atoms with Crippen LogP contribution in [-0.2, 0) is 0 Å². The predicted molar refractivity (Wildman–Crippen MR) is 63.4 cm³/mol. The Morgan fingerprint density at radius 1 is 1.29 bits per heavy atom. The number of aliphatic imine (C=N–C) groups is 1. The Morgan fingerprint density at radius 3 is 2.29 bits per heavy atom. The molecule has 76 valence electrons. The zero-order valence-electron chi connectivity index (χ0n) is 8.92. The molecule has 1 aromatic carbocycles. The third-order valence-electron chi connectivity index (χ3n) is 1.93. The number of hydrogen-bond acceptors (Lipinski definition) is 1. The van der Waals surface area contributed by atoms with Gasteiger partial charge in [0.25, 0.3) is 0 Å². The summed E-state index contributed by atoms with van der Waals surface area (Å²) in [6.07, 6.45) is 0.958. The van der Waals surface area contributed by atoms with E-state index in [-0.39, 0.29) is 0 Å². The molecule has 0 saturated heterocycles. The maximum absolute atomic E-state index is 5.83. The van der Waals surface area contributed by atoms with E-state index in [4.69, 9.17) is 11.6 Å². The Balaban J connectivity index is 2.95. The molecule has 0 amide bonds. The second kappa shape index (κ2) is 5.16. The maximum atomic E-state index is 5.83. The first kappa shape index (κ1) is 11.3. The quantitative estimate of drug-likeness (QED) is 0.669. The van der Waals surface area contributed by atoms with Crippen LogP contribution >= 0.6 is 11.6 Å². The zero-order valence-corrected chi connectivity index (χ0v) is 9.67. The van der Waals surface area contributed by atoms with Crippen LogP contribution in [0.2, 0.25) is 5.02 Å². The summed E-state index contributed by atoms with van der Waals surface area (Å²) in [5.41, 5.74) is 2.32. The average Bonchev–Trinajstić information content (AvgIpc) is 2.15. The monoisotopic (exact) mass is 209 g/mol. The molecule has 0 aliphatic heterocycles. The zero-order chi connectivity index (χ0) is 10.6. The van der Waals surface area contributed by atoms with E-state index in [1.165, 1.54) is 5.56 Å². The second-order valence-electron chi connectivity index (χ2n) is 3.53. The molecule has 0 bridgehead atoms. The third kappa shape index (κ3) is 3.15. The lowest BCUT2D eigenvalue weighted by Gasteiger charge is -2.06. The number of hydrogen-bond donors (Lipinski definition) is 0. The van der Waals surface area contributed by atoms with Gasteiger partial charge in [-0.05, 0) is 38.0 Å². The first-order valence-corrected chi connectivity index (χ1v) is 5.34. The highest BCUT2D eigenvalue weighted by Gasteiger charge is 2.01. The first-order chi connectivity index (χ1) is 6.63. The molecule has 0 aliphatic carbocycles. The topological polar surface area (TPSA) is 12.4 Å². The van der Waals surface area contributed by atoms with Gasteiger partial charge in [0.05, 0.1) is 0 Å². The summed E-state index contributed by atoms with van der Waals surface area (Å²) in [5, 5.41) is 0.772. The molecule has 0 N–H and O–H groups in total. The lowest BCUT2D eigenvalue weighted by Crippen LogP contribution is -2.03. The molecule has 0 unspecified atom stereocenters. The summed E-state index contributed by atoms with van der Waals surface area (Å²) >= 11 is 5.83. The predicted octanol–water partition coefficient (Wildman–Crippen LogP) is 3.95. The molecule has 2 heteroatoms. The minimum absolute atomic E-state index is 0.348. The average molecular weight is 210 g/mol. The van der Waals surface area contributed by atoms with Gasteiger partial charge in [0.1, 0.15) is 0 Å². The van der Waals surface area contributed by atoms with Crippen molar-refractivity contribution in [3.05, 3.63) is 34.9 Å². The van der Waals surface area contributed by atoms with Crippen molar-refractivity contribution < 1.29 is 0 Å². The molecule has 0 saturated carbocycles. The van der Waals surface area contributed by atoms with Gasteiger partial charge in [0.15, 0.2) is 0 Å². The van der Waals surface area contributed by atoms with Crippen molar-refractivity contribution in [2.45, 2.75) is 33.2 Å². The second-order valence-corrected chi connectivity index (χ2v) is 3.97. The third-order valence-corrected chi connectivity index (χ3v) is 2.18. The van der Waals surface area contributed by atoms with Crippen molar-refractivity contribution in [3.8, 4) is 0 Å². The van der Waals surface area contributed by atoms with Crippen LogP contribution in [0.1, 0.15) is 32.8 Å². The SMILES string of the molecule is CC/C(=N\C(C)C)c1ccc(Cl)cc1. The molecule has 14 heavy (non-hydrogen) atoms. The Labute approximate surface area is 90.8 Å². The van der Waals surface area contributed by atoms with Crippen LogP contribution in [0.15, 0.2) is 29.3 Å². The first-order valence-electron chi connectivity index (χ1n) is 4.96. The van der Waals surface area contributed by atoms with E-state index in [0.29, 0.717) is 6.04 Å². The van der Waals surface area contributed by atoms with Gasteiger partial charge in [-0.1, -0.05) is 30.7 Å². The van der Waals surface area contributed by atoms with Crippen LogP contribution in [0.5, 0.6) is 0 Å². The summed E-state index contributed by atoms with van der Waals surface area (Å²) < 4.78 is 0. The van der Waals surface area contributed by atoms with E-state index in [0.717, 1.165) is 17.2 Å². The fourth-order valence-electron chi connectivity index (χ4n) is 1.32. The summed E-state index contributed by atoms with van der Waals surface area (Å²) in [5.74, 6) is 0. The van der Waals surface area contributed by atoms with Crippen molar-refractivity contribution in [3.63, 3.8) is 0 Å². The molecule has 0 aliphatic rings. The molecule has 1 nitrogen and oxygen atoms in total. The Morgan fingerprint density at radius 2 is 1.86 bits per heavy atom. The molecule has 1 rings (SSSR count). The van der Waals surface area contributed by atoms with Crippen LogP contribution in [0.3, 0.4) is 0 Å². The van der Waals surface area contributed by atoms with Crippen molar-refractivity contribution in [1.82, 2.24) is 0 Å². The van der Waals surface area contributed by atoms with Gasteiger partial charge >= 0.3 is 0 Å². The maximum Gasteiger partial charge on any atom is 0.0446 e. The molecule has 0 spiro atoms. The van der Waals surface area contributed by atoms with Crippen molar-refractivity contribution in [2.24, 2.45) is 4.99 Å². The molecule has 0 fully saturated rings. The molecule has 0 aromatic heterocycles. The van der Waals surface area contributed by atoms with Gasteiger partial charge in [-0.15, -0.1) is 0 Å². The standard InChI is InChI=1S/C12H16ClN/c1-4-12(14-9(2)3)10-5-7-11(13)8-6-10/h5-9H,4H2,1-3H3/b14-12+. The van der Waals surface area contributed by atoms with Crippen LogP contribution in [0.25, 0.3) is 0 Å². The largest absolute Gasteiger partial charge is 0.286 e. The summed E-state index contributed by atoms with van der Waals surface area (Å²) in [6, 6.07) is 8.20. The van der Waals surface area contributed by atoms with Crippen LogP contribution in [0.4, 0.5) is 0 Å². The van der Waals surface area contributed by atoms with Gasteiger partial charge in [-0.3, -0.25) is 4.99 Å². The van der Waals surface area contributed by atoms with Crippen molar-refractivity contribution in [2.75, 3.05) is 0 Å². The van der Waals surface area contributed by atoms with Crippen molar-refractivity contribution >= 4 is 17.3 Å². The van der Waals surface area contributed by atoms with Gasteiger partial charge in [-0.25, -0.2) is 0 Å². The molecular weight excluding hydrogens is 194 g/mol. The number of benzene rings is 1. The Kier molecular flexibility index (Phi) is 4.15. The minimum Gasteiger partial charge on any atom is -0.286 e. The highest BCUT2D eigenvalue weighted by Crippen LogP contribution is 2.12. The van der Waals surface area contributed by atoms with Gasteiger partial charge in [0, 0.05) is 16.8 Å². The fourth-order valence-corrected chi connectivity index (χ4v) is 1.45. The molecular formula is C12H16ClN. The molecule has 0 heterocycles. The van der Waals surface area contributed by atoms with Crippen LogP contribution in [-0.4, -0.2) is 11.8 Å². The van der Waals surface area contributed by atoms with E-state index in [1.54, 1.807) is 0 Å². The number of halogens is 1. The van der Waals surface area contributed by atoms with E-state index < -0.39 is 0 Å². The molecule has 1 aromatic rings. The normalized spacial score (nSPS) is 12.2. The number of rotatable bonds is 3. The Hall–Kier alpha value is -0.820. The Bertz CT molecular complexity index is 312. The van der Waals surface area contributed by atoms with E-state index in [2.05, 4.69) is 25.8 Å². The minimum atomic E-state index is 0.348. The highest BCUT2D eigenvalue weighted by molar-refractivity contribution is 6.30. The number of nitrogens with zero attached hydrogens (tertiary/aromatic N) is 1. The smallest absolute Gasteiger partial charge is 0.0446 e. The lowest BCUT2D eigenvalue weighted by molar-refractivity contribution is 0.831. The van der Waals surface area contributed by atoms with E-state index >= 15 is 0 Å². The van der Waals surface area contributed by atoms with Gasteiger partial charge in [-0.2, -0.15) is 0 Å². The molecule has 0 atom stereocenters. The highest BCUT2D eigenvalue weighted by atomic mass is 35.5. The van der Waals surface area contributed by atoms with E-state index in [9.17, 15) is 0 Å². The van der Waals surface area contributed by atoms with Gasteiger partial charge in [0.2, 0.25) is 0 Å². The fraction of sp³-hybridized carbons (Fsp3) is 0.417. The summed E-state index contributed by atoms with van der Waals surface area (Å²) in [7, 11) is 0.